The largest absolute Gasteiger partial charge is 0.477 e. The van der Waals surface area contributed by atoms with E-state index in [0.29, 0.717) is 45.7 Å². The Morgan fingerprint density at radius 2 is 1.84 bits per heavy atom. The number of aromatic carboxylic acids is 1. The summed E-state index contributed by atoms with van der Waals surface area (Å²) in [6, 6.07) is 12.3. The van der Waals surface area contributed by atoms with Crippen LogP contribution in [0, 0.1) is 11.3 Å². The highest BCUT2D eigenvalue weighted by Crippen LogP contribution is 2.35. The first kappa shape index (κ1) is 23.0. The predicted octanol–water partition coefficient (Wildman–Crippen LogP) is 4.04. The molecular formula is C23H24N4O4S. The van der Waals surface area contributed by atoms with E-state index in [1.807, 2.05) is 6.92 Å². The van der Waals surface area contributed by atoms with E-state index in [1.54, 1.807) is 68.1 Å². The molecule has 1 aromatic carbocycles. The molecule has 0 aliphatic heterocycles. The van der Waals surface area contributed by atoms with Gasteiger partial charge in [-0.15, -0.1) is 0 Å². The lowest BCUT2D eigenvalue weighted by atomic mass is 9.98. The van der Waals surface area contributed by atoms with E-state index in [9.17, 15) is 23.6 Å². The molecule has 0 bridgehead atoms. The fraction of sp³-hybridized carbons (Fsp3) is 0.261. The lowest BCUT2D eigenvalue weighted by Crippen LogP contribution is -2.22. The molecule has 0 radical (unpaired) electrons. The Kier molecular flexibility index (Phi) is 6.37. The Morgan fingerprint density at radius 1 is 1.22 bits per heavy atom. The van der Waals surface area contributed by atoms with Gasteiger partial charge < -0.3 is 9.67 Å². The second-order valence-electron chi connectivity index (χ2n) is 7.55. The normalized spacial score (nSPS) is 11.4. The molecule has 32 heavy (non-hydrogen) atoms. The lowest BCUT2D eigenvalue weighted by Gasteiger charge is -2.14. The number of hydrogen-bond donors (Lipinski definition) is 2. The van der Waals surface area contributed by atoms with Crippen LogP contribution in [-0.2, 0) is 23.5 Å². The van der Waals surface area contributed by atoms with E-state index >= 15 is 0 Å². The zero-order valence-corrected chi connectivity index (χ0v) is 19.1. The summed E-state index contributed by atoms with van der Waals surface area (Å²) in [4.78, 5) is 16.3. The Labute approximate surface area is 187 Å². The van der Waals surface area contributed by atoms with Crippen LogP contribution in [0.15, 0.2) is 42.6 Å². The van der Waals surface area contributed by atoms with Gasteiger partial charge in [-0.3, -0.25) is 9.71 Å². The standard InChI is InChI=1S/C23H24N4O4S/c1-5-19-17(13-24)20(22(23(28)29)27(19)4)15-8-10-16(11-9-15)21-18(7-6-12-25-21)26-32(30,31)14(2)3/h6-12,14,26H,5H2,1-4H3,(H,28,29). The topological polar surface area (TPSA) is 125 Å². The number of carboxylic acids is 1. The summed E-state index contributed by atoms with van der Waals surface area (Å²) < 4.78 is 28.8. The van der Waals surface area contributed by atoms with Gasteiger partial charge in [-0.25, -0.2) is 13.2 Å². The van der Waals surface area contributed by atoms with Gasteiger partial charge in [0.15, 0.2) is 0 Å². The van der Waals surface area contributed by atoms with E-state index in [-0.39, 0.29) is 5.69 Å². The van der Waals surface area contributed by atoms with Crippen molar-refractivity contribution in [3.8, 4) is 28.5 Å². The molecule has 3 aromatic rings. The third-order valence-electron chi connectivity index (χ3n) is 5.29. The zero-order valence-electron chi connectivity index (χ0n) is 18.2. The molecule has 0 saturated carbocycles. The number of nitrogens with zero attached hydrogens (tertiary/aromatic N) is 3. The van der Waals surface area contributed by atoms with E-state index in [0.717, 1.165) is 0 Å². The quantitative estimate of drug-likeness (QED) is 0.557. The summed E-state index contributed by atoms with van der Waals surface area (Å²) >= 11 is 0. The third-order valence-corrected chi connectivity index (χ3v) is 7.04. The van der Waals surface area contributed by atoms with Crippen LogP contribution in [0.3, 0.4) is 0 Å². The Morgan fingerprint density at radius 3 is 2.38 bits per heavy atom. The van der Waals surface area contributed by atoms with Crippen LogP contribution in [0.5, 0.6) is 0 Å². The first-order chi connectivity index (χ1) is 15.1. The summed E-state index contributed by atoms with van der Waals surface area (Å²) in [5.41, 5.74) is 3.44. The molecule has 0 unspecified atom stereocenters. The minimum absolute atomic E-state index is 0.0503. The van der Waals surface area contributed by atoms with Gasteiger partial charge in [0.25, 0.3) is 0 Å². The van der Waals surface area contributed by atoms with Crippen molar-refractivity contribution in [2.75, 3.05) is 4.72 Å². The van der Waals surface area contributed by atoms with E-state index < -0.39 is 21.2 Å². The van der Waals surface area contributed by atoms with Crippen molar-refractivity contribution < 1.29 is 18.3 Å². The predicted molar refractivity (Wildman–Crippen MR) is 123 cm³/mol. The molecule has 8 nitrogen and oxygen atoms in total. The highest BCUT2D eigenvalue weighted by atomic mass is 32.2. The van der Waals surface area contributed by atoms with Gasteiger partial charge in [0, 0.05) is 30.1 Å². The van der Waals surface area contributed by atoms with Gasteiger partial charge in [-0.05, 0) is 38.0 Å². The number of nitrogens with one attached hydrogen (secondary N) is 1. The van der Waals surface area contributed by atoms with Crippen molar-refractivity contribution in [3.05, 3.63) is 59.5 Å². The Balaban J connectivity index is 2.11. The SMILES string of the molecule is CCc1c(C#N)c(-c2ccc(-c3ncccc3NS(=O)(=O)C(C)C)cc2)c(C(=O)O)n1C. The van der Waals surface area contributed by atoms with Gasteiger partial charge in [-0.1, -0.05) is 31.2 Å². The van der Waals surface area contributed by atoms with Crippen LogP contribution >= 0.6 is 0 Å². The summed E-state index contributed by atoms with van der Waals surface area (Å²) in [5.74, 6) is -1.11. The second-order valence-corrected chi connectivity index (χ2v) is 9.78. The maximum absolute atomic E-state index is 12.3. The number of pyridine rings is 1. The van der Waals surface area contributed by atoms with Gasteiger partial charge >= 0.3 is 5.97 Å². The summed E-state index contributed by atoms with van der Waals surface area (Å²) in [7, 11) is -1.92. The number of sulfonamides is 1. The van der Waals surface area contributed by atoms with E-state index in [4.69, 9.17) is 0 Å². The molecule has 0 saturated heterocycles. The first-order valence-corrected chi connectivity index (χ1v) is 11.6. The van der Waals surface area contributed by atoms with Gasteiger partial charge in [0.05, 0.1) is 22.2 Å². The number of aromatic nitrogens is 2. The molecule has 2 N–H and O–H groups in total. The van der Waals surface area contributed by atoms with Crippen LogP contribution < -0.4 is 4.72 Å². The van der Waals surface area contributed by atoms with Crippen LogP contribution in [0.1, 0.15) is 42.5 Å². The van der Waals surface area contributed by atoms with E-state index in [1.165, 1.54) is 0 Å². The number of hydrogen-bond acceptors (Lipinski definition) is 5. The molecule has 166 valence electrons. The van der Waals surface area contributed by atoms with Crippen LogP contribution in [0.25, 0.3) is 22.4 Å². The molecule has 0 aliphatic carbocycles. The van der Waals surface area contributed by atoms with Gasteiger partial charge in [-0.2, -0.15) is 5.26 Å². The molecule has 0 atom stereocenters. The Hall–Kier alpha value is -3.64. The molecule has 9 heteroatoms. The monoisotopic (exact) mass is 452 g/mol. The molecule has 2 aromatic heterocycles. The number of anilines is 1. The van der Waals surface area contributed by atoms with Crippen molar-refractivity contribution in [3.63, 3.8) is 0 Å². The molecule has 0 amide bonds. The maximum atomic E-state index is 12.3. The smallest absolute Gasteiger partial charge is 0.353 e. The molecule has 3 rings (SSSR count). The van der Waals surface area contributed by atoms with Crippen LogP contribution in [-0.4, -0.2) is 34.3 Å². The minimum atomic E-state index is -3.56. The molecule has 0 fully saturated rings. The number of benzene rings is 1. The average Bonchev–Trinajstić information content (AvgIpc) is 3.05. The molecule has 2 heterocycles. The van der Waals surface area contributed by atoms with Crippen molar-refractivity contribution in [1.82, 2.24) is 9.55 Å². The average molecular weight is 453 g/mol. The minimum Gasteiger partial charge on any atom is -0.477 e. The van der Waals surface area contributed by atoms with Crippen LogP contribution in [0.4, 0.5) is 5.69 Å². The lowest BCUT2D eigenvalue weighted by molar-refractivity contribution is 0.0687. The highest BCUT2D eigenvalue weighted by molar-refractivity contribution is 7.93. The van der Waals surface area contributed by atoms with Crippen LogP contribution in [0.2, 0.25) is 0 Å². The summed E-state index contributed by atoms with van der Waals surface area (Å²) in [6.07, 6.45) is 2.09. The third kappa shape index (κ3) is 4.09. The second kappa shape index (κ2) is 8.85. The van der Waals surface area contributed by atoms with Crippen molar-refractivity contribution >= 4 is 21.7 Å². The Bertz CT molecular complexity index is 1320. The number of carbonyl (C=O) groups is 1. The van der Waals surface area contributed by atoms with Gasteiger partial charge in [0.1, 0.15) is 11.8 Å². The van der Waals surface area contributed by atoms with Crippen molar-refractivity contribution in [2.45, 2.75) is 32.4 Å². The van der Waals surface area contributed by atoms with Crippen molar-refractivity contribution in [2.24, 2.45) is 7.05 Å². The van der Waals surface area contributed by atoms with E-state index in [2.05, 4.69) is 15.8 Å². The zero-order chi connectivity index (χ0) is 23.6. The molecule has 0 spiro atoms. The summed E-state index contributed by atoms with van der Waals surface area (Å²) in [6.45, 7) is 5.05. The first-order valence-electron chi connectivity index (χ1n) is 10.0. The fourth-order valence-electron chi connectivity index (χ4n) is 3.58. The molecular weight excluding hydrogens is 428 g/mol. The summed E-state index contributed by atoms with van der Waals surface area (Å²) in [5, 5.41) is 18.8. The van der Waals surface area contributed by atoms with Gasteiger partial charge in [0.2, 0.25) is 10.0 Å². The number of carboxylic acid groups (broad SMARTS) is 1. The number of rotatable bonds is 7. The van der Waals surface area contributed by atoms with Crippen molar-refractivity contribution in [1.29, 1.82) is 5.26 Å². The highest BCUT2D eigenvalue weighted by Gasteiger charge is 2.26. The maximum Gasteiger partial charge on any atom is 0.353 e. The fourth-order valence-corrected chi connectivity index (χ4v) is 4.29. The molecule has 0 aliphatic rings. The number of nitriles is 1.